The van der Waals surface area contributed by atoms with Crippen LogP contribution in [0.2, 0.25) is 0 Å². The highest BCUT2D eigenvalue weighted by Crippen LogP contribution is 2.33. The van der Waals surface area contributed by atoms with Crippen molar-refractivity contribution in [1.29, 1.82) is 0 Å². The average molecular weight is 394 g/mol. The monoisotopic (exact) mass is 393 g/mol. The van der Waals surface area contributed by atoms with Crippen molar-refractivity contribution in [3.8, 4) is 0 Å². The van der Waals surface area contributed by atoms with Crippen molar-refractivity contribution >= 4 is 28.3 Å². The first kappa shape index (κ1) is 21.7. The summed E-state index contributed by atoms with van der Waals surface area (Å²) in [6.45, 7) is 15.5. The molecule has 0 saturated carbocycles. The Morgan fingerprint density at radius 1 is 1.37 bits per heavy atom. The Balaban J connectivity index is 2.29. The van der Waals surface area contributed by atoms with E-state index in [1.807, 2.05) is 6.92 Å². The average Bonchev–Trinajstić information content (AvgIpc) is 2.89. The second kappa shape index (κ2) is 8.61. The molecule has 150 valence electrons. The molecular formula is C20H31N3O3S. The highest BCUT2D eigenvalue weighted by Gasteiger charge is 2.36. The first-order valence-electron chi connectivity index (χ1n) is 9.39. The first-order valence-corrected chi connectivity index (χ1v) is 10.4. The lowest BCUT2D eigenvalue weighted by Gasteiger charge is -2.35. The molecule has 1 heterocycles. The van der Waals surface area contributed by atoms with Crippen molar-refractivity contribution < 1.29 is 9.66 Å². The Kier molecular flexibility index (Phi) is 6.92. The zero-order valence-corrected chi connectivity index (χ0v) is 18.2. The van der Waals surface area contributed by atoms with E-state index in [9.17, 15) is 10.1 Å². The van der Waals surface area contributed by atoms with Crippen molar-refractivity contribution in [2.24, 2.45) is 10.9 Å². The van der Waals surface area contributed by atoms with Gasteiger partial charge < -0.3 is 9.64 Å². The Morgan fingerprint density at radius 2 is 2.04 bits per heavy atom. The zero-order chi connectivity index (χ0) is 20.4. The van der Waals surface area contributed by atoms with Gasteiger partial charge in [-0.2, -0.15) is 0 Å². The van der Waals surface area contributed by atoms with Gasteiger partial charge >= 0.3 is 0 Å². The Bertz CT molecular complexity index is 713. The minimum absolute atomic E-state index is 0.0851. The summed E-state index contributed by atoms with van der Waals surface area (Å²) in [5.74, 6) is 1.42. The second-order valence-electron chi connectivity index (χ2n) is 8.48. The number of nitro benzene ring substituents is 1. The predicted molar refractivity (Wildman–Crippen MR) is 113 cm³/mol. The van der Waals surface area contributed by atoms with Crippen molar-refractivity contribution in [1.82, 2.24) is 4.90 Å². The van der Waals surface area contributed by atoms with E-state index in [2.05, 4.69) is 46.4 Å². The van der Waals surface area contributed by atoms with Gasteiger partial charge in [-0.3, -0.25) is 10.1 Å². The largest absolute Gasteiger partial charge is 0.371 e. The lowest BCUT2D eigenvalue weighted by molar-refractivity contribution is -0.384. The van der Waals surface area contributed by atoms with Crippen LogP contribution in [0, 0.1) is 23.0 Å². The van der Waals surface area contributed by atoms with Gasteiger partial charge in [0, 0.05) is 24.4 Å². The van der Waals surface area contributed by atoms with Crippen LogP contribution in [0.5, 0.6) is 0 Å². The number of aryl methyl sites for hydroxylation is 1. The molecule has 0 unspecified atom stereocenters. The van der Waals surface area contributed by atoms with Gasteiger partial charge in [-0.1, -0.05) is 25.6 Å². The smallest absolute Gasteiger partial charge is 0.269 e. The molecule has 0 N–H and O–H groups in total. The second-order valence-corrected chi connectivity index (χ2v) is 9.47. The third-order valence-electron chi connectivity index (χ3n) is 4.28. The lowest BCUT2D eigenvalue weighted by Crippen LogP contribution is -2.46. The zero-order valence-electron chi connectivity index (χ0n) is 17.4. The highest BCUT2D eigenvalue weighted by atomic mass is 32.2. The van der Waals surface area contributed by atoms with Gasteiger partial charge in [0.25, 0.3) is 5.69 Å². The number of hydrogen-bond donors (Lipinski definition) is 0. The van der Waals surface area contributed by atoms with E-state index in [4.69, 9.17) is 9.73 Å². The fourth-order valence-electron chi connectivity index (χ4n) is 3.18. The molecule has 0 aromatic heterocycles. The van der Waals surface area contributed by atoms with Crippen LogP contribution < -0.4 is 0 Å². The number of benzene rings is 1. The summed E-state index contributed by atoms with van der Waals surface area (Å²) in [5, 5.41) is 11.9. The molecule has 0 amide bonds. The number of thioether (sulfide) groups is 1. The molecule has 0 aliphatic carbocycles. The van der Waals surface area contributed by atoms with Gasteiger partial charge in [0.15, 0.2) is 5.17 Å². The summed E-state index contributed by atoms with van der Waals surface area (Å²) >= 11 is 1.73. The number of hydrogen-bond acceptors (Lipinski definition) is 5. The number of nitro groups is 1. The normalized spacial score (nSPS) is 20.5. The molecule has 1 aromatic carbocycles. The van der Waals surface area contributed by atoms with Gasteiger partial charge in [0.05, 0.1) is 28.4 Å². The standard InChI is InChI=1S/C20H31N3O3S/c1-13(2)11-22-18(15(4)26-20(5,6)7)12-27-19(22)21-17-9-8-16(23(24)25)10-14(17)3/h8-10,13,15,18H,11-12H2,1-7H3/b21-19-/t15-,18+/m1/s1. The molecule has 2 rings (SSSR count). The fraction of sp³-hybridized carbons (Fsp3) is 0.650. The van der Waals surface area contributed by atoms with Crippen molar-refractivity contribution in [2.45, 2.75) is 66.2 Å². The Hall–Kier alpha value is -1.60. The van der Waals surface area contributed by atoms with E-state index < -0.39 is 0 Å². The third-order valence-corrected chi connectivity index (χ3v) is 5.37. The van der Waals surface area contributed by atoms with E-state index in [0.29, 0.717) is 5.92 Å². The maximum atomic E-state index is 11.0. The number of aliphatic imine (C=N–C) groups is 1. The van der Waals surface area contributed by atoms with Crippen LogP contribution >= 0.6 is 11.8 Å². The summed E-state index contributed by atoms with van der Waals surface area (Å²) in [7, 11) is 0. The summed E-state index contributed by atoms with van der Waals surface area (Å²) in [6.07, 6.45) is 0.0851. The summed E-state index contributed by atoms with van der Waals surface area (Å²) in [5.41, 5.74) is 1.49. The van der Waals surface area contributed by atoms with E-state index in [1.54, 1.807) is 23.9 Å². The van der Waals surface area contributed by atoms with E-state index in [0.717, 1.165) is 28.7 Å². The Morgan fingerprint density at radius 3 is 2.56 bits per heavy atom. The molecule has 0 radical (unpaired) electrons. The van der Waals surface area contributed by atoms with Gasteiger partial charge in [0.1, 0.15) is 0 Å². The van der Waals surface area contributed by atoms with Crippen LogP contribution in [0.4, 0.5) is 11.4 Å². The summed E-state index contributed by atoms with van der Waals surface area (Å²) < 4.78 is 6.21. The third kappa shape index (κ3) is 5.94. The molecule has 1 aromatic rings. The number of rotatable bonds is 6. The van der Waals surface area contributed by atoms with Crippen LogP contribution in [-0.2, 0) is 4.74 Å². The molecule has 0 spiro atoms. The maximum absolute atomic E-state index is 11.0. The molecule has 1 fully saturated rings. The van der Waals surface area contributed by atoms with Crippen LogP contribution in [-0.4, -0.2) is 45.0 Å². The molecule has 2 atom stereocenters. The number of non-ortho nitro benzene ring substituents is 1. The van der Waals surface area contributed by atoms with E-state index in [1.165, 1.54) is 6.07 Å². The van der Waals surface area contributed by atoms with Crippen LogP contribution in [0.15, 0.2) is 23.2 Å². The highest BCUT2D eigenvalue weighted by molar-refractivity contribution is 8.14. The molecular weight excluding hydrogens is 362 g/mol. The van der Waals surface area contributed by atoms with Gasteiger partial charge in [-0.25, -0.2) is 4.99 Å². The molecule has 7 heteroatoms. The minimum atomic E-state index is -0.374. The molecule has 1 aliphatic rings. The Labute approximate surface area is 166 Å². The first-order chi connectivity index (χ1) is 12.5. The predicted octanol–water partition coefficient (Wildman–Crippen LogP) is 5.17. The van der Waals surface area contributed by atoms with E-state index >= 15 is 0 Å². The number of amidine groups is 1. The molecule has 6 nitrogen and oxygen atoms in total. The molecule has 0 bridgehead atoms. The summed E-state index contributed by atoms with van der Waals surface area (Å²) in [6, 6.07) is 5.08. The number of ether oxygens (including phenoxy) is 1. The van der Waals surface area contributed by atoms with Crippen molar-refractivity contribution in [2.75, 3.05) is 12.3 Å². The van der Waals surface area contributed by atoms with Gasteiger partial charge in [0.2, 0.25) is 0 Å². The van der Waals surface area contributed by atoms with Crippen LogP contribution in [0.3, 0.4) is 0 Å². The molecule has 1 saturated heterocycles. The SMILES string of the molecule is Cc1cc([N+](=O)[O-])ccc1/N=C1\SC[C@@H]([C@@H](C)OC(C)(C)C)N1CC(C)C. The fourth-order valence-corrected chi connectivity index (χ4v) is 4.49. The van der Waals surface area contributed by atoms with Crippen LogP contribution in [0.1, 0.15) is 47.1 Å². The quantitative estimate of drug-likeness (QED) is 0.493. The van der Waals surface area contributed by atoms with Gasteiger partial charge in [-0.15, -0.1) is 0 Å². The maximum Gasteiger partial charge on any atom is 0.269 e. The van der Waals surface area contributed by atoms with Crippen molar-refractivity contribution in [3.63, 3.8) is 0 Å². The summed E-state index contributed by atoms with van der Waals surface area (Å²) in [4.78, 5) is 17.8. The van der Waals surface area contributed by atoms with E-state index in [-0.39, 0.29) is 28.4 Å². The molecule has 1 aliphatic heterocycles. The lowest BCUT2D eigenvalue weighted by atomic mass is 10.1. The molecule has 27 heavy (non-hydrogen) atoms. The van der Waals surface area contributed by atoms with Gasteiger partial charge in [-0.05, 0) is 52.2 Å². The van der Waals surface area contributed by atoms with Crippen molar-refractivity contribution in [3.05, 3.63) is 33.9 Å². The van der Waals surface area contributed by atoms with Crippen LogP contribution in [0.25, 0.3) is 0 Å². The topological polar surface area (TPSA) is 68.0 Å². The minimum Gasteiger partial charge on any atom is -0.371 e. The number of nitrogens with zero attached hydrogens (tertiary/aromatic N) is 3.